The highest BCUT2D eigenvalue weighted by Crippen LogP contribution is 2.28. The Balaban J connectivity index is 1.67. The van der Waals surface area contributed by atoms with E-state index in [1.807, 2.05) is 11.3 Å². The molecule has 2 aliphatic rings. The Kier molecular flexibility index (Phi) is 3.68. The Bertz CT molecular complexity index is 401. The molecule has 2 aliphatic heterocycles. The fraction of sp³-hybridized carbons (Fsp3) is 0.786. The molecule has 0 saturated carbocycles. The van der Waals surface area contributed by atoms with E-state index >= 15 is 0 Å². The van der Waals surface area contributed by atoms with E-state index in [4.69, 9.17) is 4.98 Å². The molecule has 3 heterocycles. The second-order valence-corrected chi connectivity index (χ2v) is 6.82. The molecule has 100 valence electrons. The fourth-order valence-corrected chi connectivity index (χ4v) is 4.05. The van der Waals surface area contributed by atoms with Crippen LogP contribution in [-0.4, -0.2) is 35.6 Å². The molecule has 0 aromatic carbocycles. The second kappa shape index (κ2) is 5.27. The van der Waals surface area contributed by atoms with Crippen LogP contribution in [0.1, 0.15) is 43.3 Å². The van der Waals surface area contributed by atoms with Gasteiger partial charge in [-0.05, 0) is 31.8 Å². The first-order valence-electron chi connectivity index (χ1n) is 7.13. The zero-order valence-electron chi connectivity index (χ0n) is 11.4. The van der Waals surface area contributed by atoms with Crippen molar-refractivity contribution in [2.45, 2.75) is 45.2 Å². The highest BCUT2D eigenvalue weighted by Gasteiger charge is 2.34. The van der Waals surface area contributed by atoms with Crippen LogP contribution in [0.5, 0.6) is 0 Å². The predicted octanol–water partition coefficient (Wildman–Crippen LogP) is 2.45. The molecule has 2 unspecified atom stereocenters. The standard InChI is InChI=1S/C14H23N3S/c1-10(2)14-16-12(9-18-14)8-17-5-3-4-11-6-15-7-13(11)17/h9-11,13,15H,3-8H2,1-2H3. The van der Waals surface area contributed by atoms with E-state index in [2.05, 4.69) is 29.4 Å². The number of nitrogens with one attached hydrogen (secondary N) is 1. The van der Waals surface area contributed by atoms with E-state index in [1.165, 1.54) is 43.2 Å². The molecule has 0 aliphatic carbocycles. The number of hydrogen-bond acceptors (Lipinski definition) is 4. The molecule has 3 nitrogen and oxygen atoms in total. The van der Waals surface area contributed by atoms with Gasteiger partial charge in [0.05, 0.1) is 10.7 Å². The molecule has 2 fully saturated rings. The van der Waals surface area contributed by atoms with Crippen molar-refractivity contribution in [2.75, 3.05) is 19.6 Å². The van der Waals surface area contributed by atoms with Gasteiger partial charge in [0.15, 0.2) is 0 Å². The van der Waals surface area contributed by atoms with Gasteiger partial charge in [0.2, 0.25) is 0 Å². The molecule has 1 aromatic heterocycles. The number of piperidine rings is 1. The van der Waals surface area contributed by atoms with Crippen LogP contribution in [0.15, 0.2) is 5.38 Å². The van der Waals surface area contributed by atoms with Crippen LogP contribution < -0.4 is 5.32 Å². The maximum absolute atomic E-state index is 4.77. The van der Waals surface area contributed by atoms with E-state index in [9.17, 15) is 0 Å². The van der Waals surface area contributed by atoms with Gasteiger partial charge in [0.1, 0.15) is 0 Å². The van der Waals surface area contributed by atoms with Crippen molar-refractivity contribution >= 4 is 11.3 Å². The molecule has 3 rings (SSSR count). The highest BCUT2D eigenvalue weighted by molar-refractivity contribution is 7.09. The summed E-state index contributed by atoms with van der Waals surface area (Å²) in [5, 5.41) is 7.08. The molecule has 2 saturated heterocycles. The van der Waals surface area contributed by atoms with Crippen molar-refractivity contribution in [1.29, 1.82) is 0 Å². The van der Waals surface area contributed by atoms with Gasteiger partial charge in [0, 0.05) is 30.4 Å². The van der Waals surface area contributed by atoms with E-state index < -0.39 is 0 Å². The van der Waals surface area contributed by atoms with Crippen LogP contribution in [0.2, 0.25) is 0 Å². The van der Waals surface area contributed by atoms with Gasteiger partial charge >= 0.3 is 0 Å². The van der Waals surface area contributed by atoms with Crippen LogP contribution in [0.25, 0.3) is 0 Å². The number of fused-ring (bicyclic) bond motifs is 1. The normalized spacial score (nSPS) is 28.8. The zero-order valence-corrected chi connectivity index (χ0v) is 12.2. The quantitative estimate of drug-likeness (QED) is 0.910. The largest absolute Gasteiger partial charge is 0.315 e. The smallest absolute Gasteiger partial charge is 0.0954 e. The summed E-state index contributed by atoms with van der Waals surface area (Å²) in [5.41, 5.74) is 1.27. The summed E-state index contributed by atoms with van der Waals surface area (Å²) in [5.74, 6) is 1.44. The summed E-state index contributed by atoms with van der Waals surface area (Å²) in [7, 11) is 0. The monoisotopic (exact) mass is 265 g/mol. The first-order chi connectivity index (χ1) is 8.74. The average molecular weight is 265 g/mol. The third-order valence-electron chi connectivity index (χ3n) is 4.22. The molecule has 1 aromatic rings. The Hall–Kier alpha value is -0.450. The zero-order chi connectivity index (χ0) is 12.5. The van der Waals surface area contributed by atoms with Crippen LogP contribution in [0.4, 0.5) is 0 Å². The number of thiazole rings is 1. The second-order valence-electron chi connectivity index (χ2n) is 5.93. The molecule has 4 heteroatoms. The minimum atomic E-state index is 0.561. The summed E-state index contributed by atoms with van der Waals surface area (Å²) >= 11 is 1.82. The third kappa shape index (κ3) is 2.46. The van der Waals surface area contributed by atoms with Crippen LogP contribution in [-0.2, 0) is 6.54 Å². The molecule has 0 bridgehead atoms. The van der Waals surface area contributed by atoms with Gasteiger partial charge < -0.3 is 5.32 Å². The van der Waals surface area contributed by atoms with E-state index in [0.717, 1.165) is 18.5 Å². The lowest BCUT2D eigenvalue weighted by Gasteiger charge is -2.36. The Labute approximate surface area is 114 Å². The van der Waals surface area contributed by atoms with Gasteiger partial charge in [-0.1, -0.05) is 13.8 Å². The van der Waals surface area contributed by atoms with Crippen molar-refractivity contribution < 1.29 is 0 Å². The number of likely N-dealkylation sites (tertiary alicyclic amines) is 1. The van der Waals surface area contributed by atoms with Crippen LogP contribution in [0, 0.1) is 5.92 Å². The number of aromatic nitrogens is 1. The molecular weight excluding hydrogens is 242 g/mol. The van der Waals surface area contributed by atoms with Gasteiger partial charge in [-0.25, -0.2) is 4.98 Å². The average Bonchev–Trinajstić information content (AvgIpc) is 2.97. The van der Waals surface area contributed by atoms with Crippen LogP contribution in [0.3, 0.4) is 0 Å². The lowest BCUT2D eigenvalue weighted by molar-refractivity contribution is 0.116. The lowest BCUT2D eigenvalue weighted by atomic mass is 9.92. The van der Waals surface area contributed by atoms with Crippen molar-refractivity contribution in [2.24, 2.45) is 5.92 Å². The summed E-state index contributed by atoms with van der Waals surface area (Å²) in [4.78, 5) is 7.42. The molecule has 0 spiro atoms. The van der Waals surface area contributed by atoms with Gasteiger partial charge in [-0.2, -0.15) is 0 Å². The highest BCUT2D eigenvalue weighted by atomic mass is 32.1. The maximum atomic E-state index is 4.77. The summed E-state index contributed by atoms with van der Waals surface area (Å²) in [6.07, 6.45) is 2.76. The van der Waals surface area contributed by atoms with Crippen molar-refractivity contribution in [1.82, 2.24) is 15.2 Å². The molecule has 1 N–H and O–H groups in total. The van der Waals surface area contributed by atoms with Gasteiger partial charge in [-0.3, -0.25) is 4.90 Å². The molecule has 0 amide bonds. The molecule has 2 atom stereocenters. The number of hydrogen-bond donors (Lipinski definition) is 1. The number of nitrogens with zero attached hydrogens (tertiary/aromatic N) is 2. The molecule has 18 heavy (non-hydrogen) atoms. The SMILES string of the molecule is CC(C)c1nc(CN2CCCC3CNCC32)cs1. The first kappa shape index (κ1) is 12.6. The predicted molar refractivity (Wildman–Crippen MR) is 76.0 cm³/mol. The Morgan fingerprint density at radius 2 is 2.39 bits per heavy atom. The van der Waals surface area contributed by atoms with Crippen molar-refractivity contribution in [3.05, 3.63) is 16.1 Å². The Morgan fingerprint density at radius 1 is 1.50 bits per heavy atom. The summed E-state index contributed by atoms with van der Waals surface area (Å²) < 4.78 is 0. The van der Waals surface area contributed by atoms with Crippen LogP contribution >= 0.6 is 11.3 Å². The van der Waals surface area contributed by atoms with Gasteiger partial charge in [0.25, 0.3) is 0 Å². The van der Waals surface area contributed by atoms with Gasteiger partial charge in [-0.15, -0.1) is 11.3 Å². The van der Waals surface area contributed by atoms with E-state index in [-0.39, 0.29) is 0 Å². The lowest BCUT2D eigenvalue weighted by Crippen LogP contribution is -2.44. The minimum absolute atomic E-state index is 0.561. The van der Waals surface area contributed by atoms with E-state index in [1.54, 1.807) is 0 Å². The third-order valence-corrected chi connectivity index (χ3v) is 5.42. The van der Waals surface area contributed by atoms with E-state index in [0.29, 0.717) is 5.92 Å². The first-order valence-corrected chi connectivity index (χ1v) is 8.01. The summed E-state index contributed by atoms with van der Waals surface area (Å²) in [6.45, 7) is 9.13. The Morgan fingerprint density at radius 3 is 3.17 bits per heavy atom. The maximum Gasteiger partial charge on any atom is 0.0954 e. The van der Waals surface area contributed by atoms with Crippen molar-refractivity contribution in [3.8, 4) is 0 Å². The van der Waals surface area contributed by atoms with Crippen molar-refractivity contribution in [3.63, 3.8) is 0 Å². The number of rotatable bonds is 3. The molecular formula is C14H23N3S. The topological polar surface area (TPSA) is 28.2 Å². The fourth-order valence-electron chi connectivity index (χ4n) is 3.23. The summed E-state index contributed by atoms with van der Waals surface area (Å²) in [6, 6.07) is 0.753. The molecule has 0 radical (unpaired) electrons. The minimum Gasteiger partial charge on any atom is -0.315 e.